The van der Waals surface area contributed by atoms with Crippen LogP contribution in [0.1, 0.15) is 75.1 Å². The Morgan fingerprint density at radius 1 is 1.24 bits per heavy atom. The van der Waals surface area contributed by atoms with E-state index in [1.54, 1.807) is 0 Å². The van der Waals surface area contributed by atoms with Crippen LogP contribution >= 0.6 is 11.3 Å². The molecule has 5 atom stereocenters. The van der Waals surface area contributed by atoms with Crippen LogP contribution in [0.3, 0.4) is 0 Å². The molecule has 0 aromatic carbocycles. The van der Waals surface area contributed by atoms with Crippen molar-refractivity contribution >= 4 is 22.2 Å². The first-order valence-corrected chi connectivity index (χ1v) is 15.5. The van der Waals surface area contributed by atoms with Gasteiger partial charge in [0, 0.05) is 53.6 Å². The molecule has 3 N–H and O–H groups in total. The molecule has 218 valence electrons. The molecule has 41 heavy (non-hydrogen) atoms. The van der Waals surface area contributed by atoms with Crippen molar-refractivity contribution in [3.63, 3.8) is 0 Å². The zero-order chi connectivity index (χ0) is 28.9. The van der Waals surface area contributed by atoms with E-state index >= 15 is 0 Å². The average Bonchev–Trinajstić information content (AvgIpc) is 3.67. The fourth-order valence-electron chi connectivity index (χ4n) is 7.05. The molecule has 10 nitrogen and oxygen atoms in total. The lowest BCUT2D eigenvalue weighted by Crippen LogP contribution is -2.54. The van der Waals surface area contributed by atoms with Crippen LogP contribution in [0.5, 0.6) is 5.88 Å². The number of hydrogen-bond acceptors (Lipinski definition) is 11. The zero-order valence-electron chi connectivity index (χ0n) is 24.6. The lowest BCUT2D eigenvalue weighted by atomic mass is 9.70. The lowest BCUT2D eigenvalue weighted by Gasteiger charge is -2.37. The number of nitrogens with one attached hydrogen (secondary N) is 1. The molecule has 3 aromatic heterocycles. The molecule has 3 aromatic rings. The number of aromatic nitrogens is 3. The number of likely N-dealkylation sites (tertiary alicyclic amines) is 1. The van der Waals surface area contributed by atoms with E-state index in [4.69, 9.17) is 25.0 Å². The Morgan fingerprint density at radius 2 is 2.02 bits per heavy atom. The van der Waals surface area contributed by atoms with Crippen molar-refractivity contribution in [1.29, 1.82) is 5.26 Å². The summed E-state index contributed by atoms with van der Waals surface area (Å²) in [6.45, 7) is 11.4. The molecule has 6 rings (SSSR count). The van der Waals surface area contributed by atoms with Crippen LogP contribution in [-0.4, -0.2) is 70.9 Å². The number of nitrogens with zero attached hydrogens (tertiary/aromatic N) is 6. The second-order valence-electron chi connectivity index (χ2n) is 12.3. The topological polar surface area (TPSA) is 129 Å². The van der Waals surface area contributed by atoms with Crippen molar-refractivity contribution in [1.82, 2.24) is 25.3 Å². The van der Waals surface area contributed by atoms with Crippen molar-refractivity contribution in [2.24, 2.45) is 0 Å². The van der Waals surface area contributed by atoms with Gasteiger partial charge in [-0.1, -0.05) is 5.16 Å². The summed E-state index contributed by atoms with van der Waals surface area (Å²) in [5, 5.41) is 18.6. The molecule has 2 aliphatic heterocycles. The molecule has 2 fully saturated rings. The van der Waals surface area contributed by atoms with Gasteiger partial charge in [-0.25, -0.2) is 4.98 Å². The van der Waals surface area contributed by atoms with E-state index in [9.17, 15) is 5.26 Å². The summed E-state index contributed by atoms with van der Waals surface area (Å²) >= 11 is 1.52. The zero-order valence-corrected chi connectivity index (χ0v) is 25.4. The first kappa shape index (κ1) is 27.9. The van der Waals surface area contributed by atoms with Gasteiger partial charge in [-0.15, -0.1) is 11.3 Å². The van der Waals surface area contributed by atoms with Gasteiger partial charge in [-0.2, -0.15) is 10.2 Å². The highest BCUT2D eigenvalue weighted by Crippen LogP contribution is 2.49. The summed E-state index contributed by atoms with van der Waals surface area (Å²) in [4.78, 5) is 15.6. The van der Waals surface area contributed by atoms with E-state index in [0.29, 0.717) is 46.2 Å². The maximum atomic E-state index is 9.90. The number of thiophene rings is 1. The molecule has 2 saturated heterocycles. The predicted molar refractivity (Wildman–Crippen MR) is 160 cm³/mol. The number of anilines is 2. The second kappa shape index (κ2) is 10.9. The molecule has 0 saturated carbocycles. The summed E-state index contributed by atoms with van der Waals surface area (Å²) in [5.74, 6) is 2.30. The molecular weight excluding hydrogens is 536 g/mol. The van der Waals surface area contributed by atoms with Crippen LogP contribution in [0.4, 0.5) is 10.8 Å². The van der Waals surface area contributed by atoms with Crippen LogP contribution in [0.2, 0.25) is 0 Å². The molecule has 0 amide bonds. The van der Waals surface area contributed by atoms with E-state index in [1.807, 2.05) is 12.1 Å². The highest BCUT2D eigenvalue weighted by molar-refractivity contribution is 7.16. The van der Waals surface area contributed by atoms with Crippen molar-refractivity contribution in [3.05, 3.63) is 33.8 Å². The van der Waals surface area contributed by atoms with Crippen LogP contribution in [0, 0.1) is 11.3 Å². The number of likely N-dealkylation sites (N-methyl/N-ethyl adjacent to an activating group) is 1. The van der Waals surface area contributed by atoms with Gasteiger partial charge in [0.25, 0.3) is 0 Å². The Kier molecular flexibility index (Phi) is 7.42. The number of rotatable bonds is 6. The van der Waals surface area contributed by atoms with Gasteiger partial charge in [-0.3, -0.25) is 4.90 Å². The first-order valence-electron chi connectivity index (χ1n) is 14.7. The Labute approximate surface area is 245 Å². The van der Waals surface area contributed by atoms with Crippen LogP contribution < -0.4 is 20.7 Å². The minimum atomic E-state index is -0.476. The largest absolute Gasteiger partial charge is 0.473 e. The summed E-state index contributed by atoms with van der Waals surface area (Å²) < 4.78 is 12.4. The Bertz CT molecular complexity index is 1450. The number of nitrogen functional groups attached to an aromatic ring is 1. The summed E-state index contributed by atoms with van der Waals surface area (Å²) in [6.07, 6.45) is 5.04. The number of fused-ring (bicyclic) bond motifs is 1. The van der Waals surface area contributed by atoms with Crippen molar-refractivity contribution in [3.8, 4) is 23.5 Å². The molecular formula is C30H40N8O2S. The minimum absolute atomic E-state index is 0.0164. The van der Waals surface area contributed by atoms with Crippen LogP contribution in [-0.2, 0) is 11.8 Å². The van der Waals surface area contributed by atoms with E-state index < -0.39 is 5.41 Å². The van der Waals surface area contributed by atoms with Gasteiger partial charge in [0.05, 0.1) is 11.3 Å². The van der Waals surface area contributed by atoms with E-state index in [1.165, 1.54) is 22.6 Å². The quantitative estimate of drug-likeness (QED) is 0.437. The van der Waals surface area contributed by atoms with E-state index in [2.05, 4.69) is 61.1 Å². The van der Waals surface area contributed by atoms with Gasteiger partial charge in [0.1, 0.15) is 23.0 Å². The van der Waals surface area contributed by atoms with Crippen LogP contribution in [0.25, 0.3) is 11.6 Å². The molecule has 5 heterocycles. The predicted octanol–water partition coefficient (Wildman–Crippen LogP) is 4.34. The number of piperazine rings is 1. The van der Waals surface area contributed by atoms with Crippen molar-refractivity contribution in [2.75, 3.05) is 37.3 Å². The Hall–Kier alpha value is -3.20. The molecule has 0 bridgehead atoms. The van der Waals surface area contributed by atoms with Crippen LogP contribution in [0.15, 0.2) is 16.7 Å². The smallest absolute Gasteiger partial charge is 0.219 e. The fourth-order valence-corrected chi connectivity index (χ4v) is 8.24. The first-order chi connectivity index (χ1) is 19.7. The molecule has 0 unspecified atom stereocenters. The highest BCUT2D eigenvalue weighted by atomic mass is 32.1. The SMILES string of the molecule is C[C@@H]1CN(c2cc(O[C@@H](C)[C@@H]3CCCN3C)nc(-c3cc([C@@]4(C)CCCc5sc(N)c(C#N)c54)no3)n2)C[C@H](C)N1. The van der Waals surface area contributed by atoms with Gasteiger partial charge in [-0.05, 0) is 79.0 Å². The minimum Gasteiger partial charge on any atom is -0.473 e. The molecule has 3 aliphatic rings. The fraction of sp³-hybridized carbons (Fsp3) is 0.600. The molecule has 0 radical (unpaired) electrons. The summed E-state index contributed by atoms with van der Waals surface area (Å²) in [5.41, 5.74) is 8.10. The normalized spacial score (nSPS) is 27.4. The summed E-state index contributed by atoms with van der Waals surface area (Å²) in [7, 11) is 2.16. The monoisotopic (exact) mass is 576 g/mol. The van der Waals surface area contributed by atoms with Gasteiger partial charge in [0.2, 0.25) is 17.5 Å². The maximum Gasteiger partial charge on any atom is 0.219 e. The third kappa shape index (κ3) is 5.17. The number of aryl methyl sites for hydroxylation is 1. The highest BCUT2D eigenvalue weighted by Gasteiger charge is 2.41. The van der Waals surface area contributed by atoms with Crippen molar-refractivity contribution in [2.45, 2.75) is 89.4 Å². The Balaban J connectivity index is 1.37. The maximum absolute atomic E-state index is 9.90. The molecule has 11 heteroatoms. The van der Waals surface area contributed by atoms with Gasteiger partial charge in [0.15, 0.2) is 0 Å². The van der Waals surface area contributed by atoms with E-state index in [-0.39, 0.29) is 6.10 Å². The second-order valence-corrected chi connectivity index (χ2v) is 13.4. The Morgan fingerprint density at radius 3 is 2.73 bits per heavy atom. The van der Waals surface area contributed by atoms with Gasteiger partial charge >= 0.3 is 0 Å². The number of ether oxygens (including phenoxy) is 1. The third-order valence-electron chi connectivity index (χ3n) is 9.04. The summed E-state index contributed by atoms with van der Waals surface area (Å²) in [6, 6.07) is 7.24. The number of nitriles is 1. The van der Waals surface area contributed by atoms with Gasteiger partial charge < -0.3 is 25.2 Å². The number of nitrogens with two attached hydrogens (primary N) is 1. The van der Waals surface area contributed by atoms with Crippen molar-refractivity contribution < 1.29 is 9.26 Å². The molecule has 0 spiro atoms. The average molecular weight is 577 g/mol. The molecule has 1 aliphatic carbocycles. The number of hydrogen-bond donors (Lipinski definition) is 2. The standard InChI is InChI=1S/C30H40N8O2S/c1-17-15-38(16-18(2)33-17)25-13-26(39-19(3)21-8-7-11-37(21)5)35-29(34-25)22-12-24(36-40-22)30(4)10-6-9-23-27(30)20(14-31)28(32)41-23/h12-13,17-19,21,33H,6-11,15-16,32H2,1-5H3/t17-,18+,19-,21-,30+/m0/s1. The lowest BCUT2D eigenvalue weighted by molar-refractivity contribution is 0.117. The van der Waals surface area contributed by atoms with E-state index in [0.717, 1.165) is 62.4 Å². The third-order valence-corrected chi connectivity index (χ3v) is 10.1.